The molecule has 1 aromatic rings. The predicted octanol–water partition coefficient (Wildman–Crippen LogP) is 0.845. The van der Waals surface area contributed by atoms with Crippen LogP contribution in [0.4, 0.5) is 0 Å². The first-order valence-electron chi connectivity index (χ1n) is 4.46. The van der Waals surface area contributed by atoms with Crippen LogP contribution < -0.4 is 5.73 Å². The van der Waals surface area contributed by atoms with Gasteiger partial charge >= 0.3 is 0 Å². The smallest absolute Gasteiger partial charge is 0.0815 e. The van der Waals surface area contributed by atoms with E-state index < -0.39 is 0 Å². The van der Waals surface area contributed by atoms with Crippen LogP contribution in [0.3, 0.4) is 0 Å². The SMILES string of the molecule is CC(C)OCC(N)c1ccn(C)n1. The van der Waals surface area contributed by atoms with E-state index in [-0.39, 0.29) is 12.1 Å². The van der Waals surface area contributed by atoms with Gasteiger partial charge in [-0.2, -0.15) is 5.10 Å². The molecule has 1 aromatic heterocycles. The summed E-state index contributed by atoms with van der Waals surface area (Å²) in [5, 5.41) is 4.20. The van der Waals surface area contributed by atoms with E-state index >= 15 is 0 Å². The van der Waals surface area contributed by atoms with Gasteiger partial charge in [0.05, 0.1) is 24.4 Å². The lowest BCUT2D eigenvalue weighted by Gasteiger charge is -2.11. The number of aryl methyl sites for hydroxylation is 1. The van der Waals surface area contributed by atoms with Crippen molar-refractivity contribution in [3.63, 3.8) is 0 Å². The van der Waals surface area contributed by atoms with Crippen LogP contribution in [0.15, 0.2) is 12.3 Å². The molecule has 1 heterocycles. The van der Waals surface area contributed by atoms with E-state index in [0.717, 1.165) is 5.69 Å². The lowest BCUT2D eigenvalue weighted by molar-refractivity contribution is 0.0675. The minimum Gasteiger partial charge on any atom is -0.377 e. The van der Waals surface area contributed by atoms with Gasteiger partial charge in [-0.1, -0.05) is 0 Å². The van der Waals surface area contributed by atoms with E-state index in [2.05, 4.69) is 5.10 Å². The third kappa shape index (κ3) is 3.16. The van der Waals surface area contributed by atoms with Gasteiger partial charge in [0.15, 0.2) is 0 Å². The van der Waals surface area contributed by atoms with Crippen molar-refractivity contribution < 1.29 is 4.74 Å². The zero-order valence-electron chi connectivity index (χ0n) is 8.40. The average molecular weight is 183 g/mol. The van der Waals surface area contributed by atoms with Gasteiger partial charge in [0.2, 0.25) is 0 Å². The molecule has 0 spiro atoms. The Morgan fingerprint density at radius 1 is 1.62 bits per heavy atom. The van der Waals surface area contributed by atoms with Gasteiger partial charge in [-0.05, 0) is 19.9 Å². The Hall–Kier alpha value is -0.870. The van der Waals surface area contributed by atoms with E-state index in [1.807, 2.05) is 33.2 Å². The molecule has 1 atom stereocenters. The monoisotopic (exact) mass is 183 g/mol. The lowest BCUT2D eigenvalue weighted by atomic mass is 10.2. The summed E-state index contributed by atoms with van der Waals surface area (Å²) >= 11 is 0. The van der Waals surface area contributed by atoms with Crippen molar-refractivity contribution in [2.45, 2.75) is 26.0 Å². The maximum Gasteiger partial charge on any atom is 0.0815 e. The molecule has 1 unspecified atom stereocenters. The van der Waals surface area contributed by atoms with Crippen LogP contribution in [0.1, 0.15) is 25.6 Å². The van der Waals surface area contributed by atoms with Crippen LogP contribution in [0.25, 0.3) is 0 Å². The zero-order chi connectivity index (χ0) is 9.84. The molecule has 0 fully saturated rings. The lowest BCUT2D eigenvalue weighted by Crippen LogP contribution is -2.20. The van der Waals surface area contributed by atoms with E-state index in [9.17, 15) is 0 Å². The highest BCUT2D eigenvalue weighted by Gasteiger charge is 2.09. The van der Waals surface area contributed by atoms with E-state index in [0.29, 0.717) is 6.61 Å². The molecule has 2 N–H and O–H groups in total. The molecule has 0 aromatic carbocycles. The maximum atomic E-state index is 5.86. The highest BCUT2D eigenvalue weighted by atomic mass is 16.5. The molecule has 0 bridgehead atoms. The summed E-state index contributed by atoms with van der Waals surface area (Å²) in [6, 6.07) is 1.79. The second-order valence-corrected chi connectivity index (χ2v) is 3.40. The van der Waals surface area contributed by atoms with Crippen molar-refractivity contribution in [1.29, 1.82) is 0 Å². The van der Waals surface area contributed by atoms with Crippen LogP contribution >= 0.6 is 0 Å². The molecular formula is C9H17N3O. The number of hydrogen-bond donors (Lipinski definition) is 1. The zero-order valence-corrected chi connectivity index (χ0v) is 8.40. The van der Waals surface area contributed by atoms with Gasteiger partial charge in [0.25, 0.3) is 0 Å². The Labute approximate surface area is 78.7 Å². The van der Waals surface area contributed by atoms with E-state index in [1.165, 1.54) is 0 Å². The molecule has 0 aliphatic rings. The molecule has 4 heteroatoms. The van der Waals surface area contributed by atoms with Gasteiger partial charge < -0.3 is 10.5 Å². The summed E-state index contributed by atoms with van der Waals surface area (Å²) in [6.45, 7) is 4.50. The van der Waals surface area contributed by atoms with E-state index in [1.54, 1.807) is 4.68 Å². The Morgan fingerprint density at radius 3 is 2.77 bits per heavy atom. The molecule has 13 heavy (non-hydrogen) atoms. The van der Waals surface area contributed by atoms with Crippen molar-refractivity contribution in [2.75, 3.05) is 6.61 Å². The summed E-state index contributed by atoms with van der Waals surface area (Å²) in [7, 11) is 1.87. The Balaban J connectivity index is 2.44. The molecule has 74 valence electrons. The molecule has 0 aliphatic carbocycles. The molecule has 4 nitrogen and oxygen atoms in total. The van der Waals surface area contributed by atoms with Gasteiger partial charge in [0, 0.05) is 13.2 Å². The third-order valence-corrected chi connectivity index (χ3v) is 1.72. The standard InChI is InChI=1S/C9H17N3O/c1-7(2)13-6-8(10)9-4-5-12(3)11-9/h4-5,7-8H,6,10H2,1-3H3. The Bertz CT molecular complexity index is 257. The van der Waals surface area contributed by atoms with Crippen molar-refractivity contribution in [1.82, 2.24) is 9.78 Å². The number of hydrogen-bond acceptors (Lipinski definition) is 3. The van der Waals surface area contributed by atoms with Crippen LogP contribution in [-0.2, 0) is 11.8 Å². The Morgan fingerprint density at radius 2 is 2.31 bits per heavy atom. The van der Waals surface area contributed by atoms with E-state index in [4.69, 9.17) is 10.5 Å². The molecular weight excluding hydrogens is 166 g/mol. The number of aromatic nitrogens is 2. The number of nitrogens with two attached hydrogens (primary N) is 1. The molecule has 0 aliphatic heterocycles. The summed E-state index contributed by atoms with van der Waals surface area (Å²) in [5.41, 5.74) is 6.73. The summed E-state index contributed by atoms with van der Waals surface area (Å²) < 4.78 is 7.13. The predicted molar refractivity (Wildman–Crippen MR) is 51.2 cm³/mol. The first-order valence-corrected chi connectivity index (χ1v) is 4.46. The van der Waals surface area contributed by atoms with Crippen LogP contribution in [0, 0.1) is 0 Å². The maximum absolute atomic E-state index is 5.86. The first-order chi connectivity index (χ1) is 6.09. The molecule has 0 saturated carbocycles. The second-order valence-electron chi connectivity index (χ2n) is 3.40. The molecule has 0 amide bonds. The fourth-order valence-electron chi connectivity index (χ4n) is 1.01. The van der Waals surface area contributed by atoms with Gasteiger partial charge in [-0.3, -0.25) is 4.68 Å². The number of ether oxygens (including phenoxy) is 1. The fraction of sp³-hybridized carbons (Fsp3) is 0.667. The molecule has 0 radical (unpaired) electrons. The van der Waals surface area contributed by atoms with Gasteiger partial charge in [0.1, 0.15) is 0 Å². The minimum absolute atomic E-state index is 0.122. The van der Waals surface area contributed by atoms with Crippen molar-refractivity contribution >= 4 is 0 Å². The first kappa shape index (κ1) is 10.2. The second kappa shape index (κ2) is 4.39. The topological polar surface area (TPSA) is 53.1 Å². The summed E-state index contributed by atoms with van der Waals surface area (Å²) in [4.78, 5) is 0. The van der Waals surface area contributed by atoms with Crippen LogP contribution in [-0.4, -0.2) is 22.5 Å². The highest BCUT2D eigenvalue weighted by molar-refractivity contribution is 5.04. The van der Waals surface area contributed by atoms with Gasteiger partial charge in [-0.15, -0.1) is 0 Å². The van der Waals surface area contributed by atoms with Gasteiger partial charge in [-0.25, -0.2) is 0 Å². The molecule has 0 saturated heterocycles. The normalized spacial score (nSPS) is 13.6. The largest absolute Gasteiger partial charge is 0.377 e. The summed E-state index contributed by atoms with van der Waals surface area (Å²) in [5.74, 6) is 0. The fourth-order valence-corrected chi connectivity index (χ4v) is 1.01. The van der Waals surface area contributed by atoms with Crippen molar-refractivity contribution in [3.05, 3.63) is 18.0 Å². The Kier molecular flexibility index (Phi) is 3.45. The quantitative estimate of drug-likeness (QED) is 0.752. The molecule has 1 rings (SSSR count). The number of nitrogens with zero attached hydrogens (tertiary/aromatic N) is 2. The highest BCUT2D eigenvalue weighted by Crippen LogP contribution is 2.07. The van der Waals surface area contributed by atoms with Crippen molar-refractivity contribution in [2.24, 2.45) is 12.8 Å². The van der Waals surface area contributed by atoms with Crippen molar-refractivity contribution in [3.8, 4) is 0 Å². The summed E-state index contributed by atoms with van der Waals surface area (Å²) in [6.07, 6.45) is 2.10. The van der Waals surface area contributed by atoms with Crippen LogP contribution in [0.5, 0.6) is 0 Å². The number of rotatable bonds is 4. The average Bonchev–Trinajstić information content (AvgIpc) is 2.47. The third-order valence-electron chi connectivity index (χ3n) is 1.72. The minimum atomic E-state index is -0.122. The van der Waals surface area contributed by atoms with Crippen LogP contribution in [0.2, 0.25) is 0 Å².